The fourth-order valence-electron chi connectivity index (χ4n) is 2.38. The fourth-order valence-corrected chi connectivity index (χ4v) is 3.29. The zero-order valence-corrected chi connectivity index (χ0v) is 12.9. The number of ether oxygens (including phenoxy) is 1. The maximum atomic E-state index is 6.14. The Morgan fingerprint density at radius 1 is 1.61 bits per heavy atom. The SMILES string of the molecule is COC1CCN(Cc2ccsc2Cl)C(CN)C1.Cl. The summed E-state index contributed by atoms with van der Waals surface area (Å²) >= 11 is 7.73. The largest absolute Gasteiger partial charge is 0.381 e. The van der Waals surface area contributed by atoms with Crippen molar-refractivity contribution in [3.05, 3.63) is 21.3 Å². The molecule has 2 rings (SSSR count). The Balaban J connectivity index is 0.00000162. The van der Waals surface area contributed by atoms with Gasteiger partial charge in [0.25, 0.3) is 0 Å². The van der Waals surface area contributed by atoms with Crippen LogP contribution >= 0.6 is 35.3 Å². The molecule has 2 unspecified atom stereocenters. The maximum absolute atomic E-state index is 6.14. The highest BCUT2D eigenvalue weighted by Gasteiger charge is 2.27. The third-order valence-electron chi connectivity index (χ3n) is 3.46. The van der Waals surface area contributed by atoms with Crippen LogP contribution in [0.5, 0.6) is 0 Å². The van der Waals surface area contributed by atoms with Crippen molar-refractivity contribution in [2.45, 2.75) is 31.5 Å². The third-order valence-corrected chi connectivity index (χ3v) is 4.71. The molecule has 0 saturated carbocycles. The van der Waals surface area contributed by atoms with Crippen LogP contribution in [-0.2, 0) is 11.3 Å². The quantitative estimate of drug-likeness (QED) is 0.929. The van der Waals surface area contributed by atoms with Gasteiger partial charge >= 0.3 is 0 Å². The number of halogens is 2. The Hall–Kier alpha value is 0.160. The zero-order chi connectivity index (χ0) is 12.3. The molecule has 2 N–H and O–H groups in total. The van der Waals surface area contributed by atoms with Gasteiger partial charge in [-0.2, -0.15) is 0 Å². The van der Waals surface area contributed by atoms with Crippen LogP contribution in [-0.4, -0.2) is 37.2 Å². The Labute approximate surface area is 124 Å². The predicted molar refractivity (Wildman–Crippen MR) is 79.9 cm³/mol. The molecule has 1 aromatic heterocycles. The van der Waals surface area contributed by atoms with E-state index in [1.165, 1.54) is 5.56 Å². The number of nitrogens with zero attached hydrogens (tertiary/aromatic N) is 1. The lowest BCUT2D eigenvalue weighted by Gasteiger charge is -2.38. The summed E-state index contributed by atoms with van der Waals surface area (Å²) in [6.07, 6.45) is 2.46. The first-order valence-electron chi connectivity index (χ1n) is 5.93. The van der Waals surface area contributed by atoms with Crippen LogP contribution in [0, 0.1) is 0 Å². The van der Waals surface area contributed by atoms with Gasteiger partial charge in [-0.1, -0.05) is 11.6 Å². The predicted octanol–water partition coefficient (Wildman–Crippen LogP) is 2.76. The van der Waals surface area contributed by atoms with E-state index in [1.807, 2.05) is 5.38 Å². The summed E-state index contributed by atoms with van der Waals surface area (Å²) in [6.45, 7) is 2.62. The number of likely N-dealkylation sites (tertiary alicyclic amines) is 1. The van der Waals surface area contributed by atoms with Gasteiger partial charge in [0.2, 0.25) is 0 Å². The molecule has 0 radical (unpaired) electrons. The first kappa shape index (κ1) is 16.2. The smallest absolute Gasteiger partial charge is 0.0973 e. The van der Waals surface area contributed by atoms with Crippen LogP contribution in [0.15, 0.2) is 11.4 Å². The summed E-state index contributed by atoms with van der Waals surface area (Å²) in [5.74, 6) is 0. The minimum absolute atomic E-state index is 0. The third kappa shape index (κ3) is 3.83. The summed E-state index contributed by atoms with van der Waals surface area (Å²) in [6, 6.07) is 2.51. The van der Waals surface area contributed by atoms with Gasteiger partial charge in [0.1, 0.15) is 0 Å². The van der Waals surface area contributed by atoms with Crippen LogP contribution < -0.4 is 5.73 Å². The van der Waals surface area contributed by atoms with Crippen molar-refractivity contribution in [2.75, 3.05) is 20.2 Å². The Bertz CT molecular complexity index is 362. The van der Waals surface area contributed by atoms with Crippen molar-refractivity contribution >= 4 is 35.3 Å². The normalized spacial score (nSPS) is 24.8. The first-order chi connectivity index (χ1) is 8.24. The molecule has 2 atom stereocenters. The van der Waals surface area contributed by atoms with E-state index < -0.39 is 0 Å². The van der Waals surface area contributed by atoms with E-state index >= 15 is 0 Å². The molecular weight excluding hydrogens is 291 g/mol. The summed E-state index contributed by atoms with van der Waals surface area (Å²) < 4.78 is 6.32. The Morgan fingerprint density at radius 3 is 2.94 bits per heavy atom. The lowest BCUT2D eigenvalue weighted by molar-refractivity contribution is 0.0103. The summed E-state index contributed by atoms with van der Waals surface area (Å²) in [7, 11) is 1.78. The number of hydrogen-bond donors (Lipinski definition) is 1. The number of piperidine rings is 1. The van der Waals surface area contributed by atoms with Gasteiger partial charge in [-0.05, 0) is 29.9 Å². The van der Waals surface area contributed by atoms with E-state index in [-0.39, 0.29) is 12.4 Å². The molecule has 6 heteroatoms. The van der Waals surface area contributed by atoms with Crippen LogP contribution in [0.3, 0.4) is 0 Å². The molecule has 3 nitrogen and oxygen atoms in total. The highest BCUT2D eigenvalue weighted by atomic mass is 35.5. The van der Waals surface area contributed by atoms with E-state index in [0.717, 1.165) is 30.3 Å². The molecule has 0 aromatic carbocycles. The van der Waals surface area contributed by atoms with E-state index in [0.29, 0.717) is 18.7 Å². The van der Waals surface area contributed by atoms with Gasteiger partial charge in [-0.25, -0.2) is 0 Å². The molecule has 1 aromatic rings. The van der Waals surface area contributed by atoms with Gasteiger partial charge < -0.3 is 10.5 Å². The Kier molecular flexibility index (Phi) is 6.92. The van der Waals surface area contributed by atoms with Crippen molar-refractivity contribution in [1.82, 2.24) is 4.90 Å². The minimum atomic E-state index is 0. The number of thiophene rings is 1. The van der Waals surface area contributed by atoms with Crippen molar-refractivity contribution in [2.24, 2.45) is 5.73 Å². The lowest BCUT2D eigenvalue weighted by Crippen LogP contribution is -2.47. The summed E-state index contributed by atoms with van der Waals surface area (Å²) in [4.78, 5) is 2.42. The van der Waals surface area contributed by atoms with E-state index in [4.69, 9.17) is 22.1 Å². The van der Waals surface area contributed by atoms with Crippen LogP contribution in [0.4, 0.5) is 0 Å². The number of hydrogen-bond acceptors (Lipinski definition) is 4. The second-order valence-electron chi connectivity index (χ2n) is 4.46. The molecule has 1 fully saturated rings. The van der Waals surface area contributed by atoms with E-state index in [2.05, 4.69) is 11.0 Å². The van der Waals surface area contributed by atoms with Gasteiger partial charge in [-0.15, -0.1) is 23.7 Å². The maximum Gasteiger partial charge on any atom is 0.0973 e. The average Bonchev–Trinajstić information content (AvgIpc) is 2.75. The highest BCUT2D eigenvalue weighted by molar-refractivity contribution is 7.14. The van der Waals surface area contributed by atoms with Gasteiger partial charge in [0.15, 0.2) is 0 Å². The van der Waals surface area contributed by atoms with Crippen molar-refractivity contribution in [1.29, 1.82) is 0 Å². The summed E-state index contributed by atoms with van der Waals surface area (Å²) in [5, 5.41) is 2.04. The molecule has 104 valence electrons. The first-order valence-corrected chi connectivity index (χ1v) is 7.19. The van der Waals surface area contributed by atoms with Crippen LogP contribution in [0.1, 0.15) is 18.4 Å². The monoisotopic (exact) mass is 310 g/mol. The highest BCUT2D eigenvalue weighted by Crippen LogP contribution is 2.27. The number of rotatable bonds is 4. The molecule has 0 aliphatic carbocycles. The Morgan fingerprint density at radius 2 is 2.39 bits per heavy atom. The molecule has 1 saturated heterocycles. The van der Waals surface area contributed by atoms with Crippen LogP contribution in [0.25, 0.3) is 0 Å². The second kappa shape index (κ2) is 7.68. The minimum Gasteiger partial charge on any atom is -0.381 e. The molecule has 1 aliphatic rings. The number of nitrogens with two attached hydrogens (primary N) is 1. The fraction of sp³-hybridized carbons (Fsp3) is 0.667. The number of methoxy groups -OCH3 is 1. The van der Waals surface area contributed by atoms with Crippen molar-refractivity contribution in [3.8, 4) is 0 Å². The molecular formula is C12H20Cl2N2OS. The van der Waals surface area contributed by atoms with E-state index in [9.17, 15) is 0 Å². The zero-order valence-electron chi connectivity index (χ0n) is 10.5. The standard InChI is InChI=1S/C12H19ClN2OS.ClH/c1-16-11-2-4-15(10(6-11)7-14)8-9-3-5-17-12(9)13;/h3,5,10-11H,2,4,6-8,14H2,1H3;1H. The molecule has 0 spiro atoms. The van der Waals surface area contributed by atoms with E-state index in [1.54, 1.807) is 18.4 Å². The lowest BCUT2D eigenvalue weighted by atomic mass is 9.99. The molecule has 0 bridgehead atoms. The van der Waals surface area contributed by atoms with Gasteiger partial charge in [-0.3, -0.25) is 4.90 Å². The molecule has 0 amide bonds. The van der Waals surface area contributed by atoms with Gasteiger partial charge in [0, 0.05) is 32.8 Å². The topological polar surface area (TPSA) is 38.5 Å². The second-order valence-corrected chi connectivity index (χ2v) is 5.98. The van der Waals surface area contributed by atoms with Crippen molar-refractivity contribution in [3.63, 3.8) is 0 Å². The van der Waals surface area contributed by atoms with Crippen molar-refractivity contribution < 1.29 is 4.74 Å². The molecule has 18 heavy (non-hydrogen) atoms. The van der Waals surface area contributed by atoms with Crippen LogP contribution in [0.2, 0.25) is 4.34 Å². The molecule has 1 aliphatic heterocycles. The summed E-state index contributed by atoms with van der Waals surface area (Å²) in [5.41, 5.74) is 7.06. The molecule has 2 heterocycles. The average molecular weight is 311 g/mol. The van der Waals surface area contributed by atoms with Gasteiger partial charge in [0.05, 0.1) is 10.4 Å².